The zero-order valence-corrected chi connectivity index (χ0v) is 19.5. The molecule has 0 bridgehead atoms. The molecule has 3 aromatic rings. The molecule has 2 N–H and O–H groups in total. The van der Waals surface area contributed by atoms with Crippen molar-refractivity contribution in [2.24, 2.45) is 5.10 Å². The molecule has 1 amide bonds. The van der Waals surface area contributed by atoms with Crippen LogP contribution < -0.4 is 20.2 Å². The summed E-state index contributed by atoms with van der Waals surface area (Å²) in [5.41, 5.74) is 6.55. The fourth-order valence-electron chi connectivity index (χ4n) is 3.84. The van der Waals surface area contributed by atoms with E-state index >= 15 is 0 Å². The topological polar surface area (TPSA) is 72.0 Å². The van der Waals surface area contributed by atoms with Crippen LogP contribution in [-0.2, 0) is 0 Å². The normalized spacial score (nSPS) is 15.1. The Labute approximate surface area is 205 Å². The summed E-state index contributed by atoms with van der Waals surface area (Å²) in [6.07, 6.45) is 0.668. The van der Waals surface area contributed by atoms with Crippen LogP contribution in [0, 0.1) is 0 Å². The first-order valence-electron chi connectivity index (χ1n) is 10.2. The first-order chi connectivity index (χ1) is 16.0. The lowest BCUT2D eigenvalue weighted by Gasteiger charge is -2.22. The number of amides is 1. The van der Waals surface area contributed by atoms with Gasteiger partial charge in [-0.2, -0.15) is 5.10 Å². The SMILES string of the molecule is O=C(NC(C1=NNCC1)c1cc(-c2ccc(Cl)cc2)c(Cl)cc1Cl)c1ccc2c(c1)OCO2. The van der Waals surface area contributed by atoms with Crippen LogP contribution in [0.15, 0.2) is 59.7 Å². The molecule has 2 heterocycles. The van der Waals surface area contributed by atoms with E-state index in [9.17, 15) is 4.79 Å². The number of halogens is 3. The molecule has 33 heavy (non-hydrogen) atoms. The van der Waals surface area contributed by atoms with Gasteiger partial charge in [-0.05, 0) is 53.6 Å². The van der Waals surface area contributed by atoms with E-state index in [1.807, 2.05) is 18.2 Å². The summed E-state index contributed by atoms with van der Waals surface area (Å²) in [5.74, 6) is 0.862. The third-order valence-electron chi connectivity index (χ3n) is 5.51. The second-order valence-corrected chi connectivity index (χ2v) is 8.85. The van der Waals surface area contributed by atoms with E-state index in [0.29, 0.717) is 50.7 Å². The molecule has 0 fully saturated rings. The van der Waals surface area contributed by atoms with Gasteiger partial charge in [0.15, 0.2) is 11.5 Å². The molecule has 0 aliphatic carbocycles. The van der Waals surface area contributed by atoms with Gasteiger partial charge >= 0.3 is 0 Å². The van der Waals surface area contributed by atoms with Crippen molar-refractivity contribution in [1.29, 1.82) is 0 Å². The number of nitrogens with zero attached hydrogens (tertiary/aromatic N) is 1. The van der Waals surface area contributed by atoms with Gasteiger partial charge in [0.05, 0.1) is 11.8 Å². The third-order valence-corrected chi connectivity index (χ3v) is 6.40. The van der Waals surface area contributed by atoms with Crippen LogP contribution in [0.5, 0.6) is 11.5 Å². The minimum atomic E-state index is -0.547. The second-order valence-electron chi connectivity index (χ2n) is 7.60. The number of fused-ring (bicyclic) bond motifs is 1. The van der Waals surface area contributed by atoms with Crippen LogP contribution in [0.25, 0.3) is 11.1 Å². The van der Waals surface area contributed by atoms with Crippen LogP contribution >= 0.6 is 34.8 Å². The predicted molar refractivity (Wildman–Crippen MR) is 130 cm³/mol. The highest BCUT2D eigenvalue weighted by atomic mass is 35.5. The van der Waals surface area contributed by atoms with Crippen LogP contribution in [0.1, 0.15) is 28.4 Å². The molecule has 0 saturated heterocycles. The maximum absolute atomic E-state index is 13.2. The molecule has 0 saturated carbocycles. The largest absolute Gasteiger partial charge is 0.454 e. The Morgan fingerprint density at radius 3 is 2.52 bits per heavy atom. The Hall–Kier alpha value is -2.93. The maximum Gasteiger partial charge on any atom is 0.252 e. The van der Waals surface area contributed by atoms with Crippen molar-refractivity contribution in [1.82, 2.24) is 10.7 Å². The van der Waals surface area contributed by atoms with Gasteiger partial charge in [-0.15, -0.1) is 0 Å². The number of carbonyl (C=O) groups is 1. The Bertz CT molecular complexity index is 1260. The minimum absolute atomic E-state index is 0.138. The van der Waals surface area contributed by atoms with Crippen LogP contribution in [0.2, 0.25) is 15.1 Å². The molecule has 9 heteroatoms. The van der Waals surface area contributed by atoms with Crippen molar-refractivity contribution in [3.63, 3.8) is 0 Å². The van der Waals surface area contributed by atoms with E-state index in [0.717, 1.165) is 16.8 Å². The summed E-state index contributed by atoms with van der Waals surface area (Å²) in [6, 6.07) is 15.5. The second kappa shape index (κ2) is 9.14. The van der Waals surface area contributed by atoms with E-state index in [2.05, 4.69) is 15.8 Å². The summed E-state index contributed by atoms with van der Waals surface area (Å²) < 4.78 is 10.7. The van der Waals surface area contributed by atoms with Crippen LogP contribution in [0.3, 0.4) is 0 Å². The highest BCUT2D eigenvalue weighted by Crippen LogP contribution is 2.37. The first-order valence-corrected chi connectivity index (χ1v) is 11.4. The van der Waals surface area contributed by atoms with Gasteiger partial charge in [0.2, 0.25) is 6.79 Å². The van der Waals surface area contributed by atoms with Crippen LogP contribution in [0.4, 0.5) is 0 Å². The maximum atomic E-state index is 13.2. The van der Waals surface area contributed by atoms with Crippen molar-refractivity contribution in [3.8, 4) is 22.6 Å². The first kappa shape index (κ1) is 21.9. The molecule has 2 aliphatic rings. The van der Waals surface area contributed by atoms with Crippen molar-refractivity contribution < 1.29 is 14.3 Å². The molecule has 2 aliphatic heterocycles. The molecule has 1 unspecified atom stereocenters. The number of hydrogen-bond donors (Lipinski definition) is 2. The van der Waals surface area contributed by atoms with Crippen LogP contribution in [-0.4, -0.2) is 25.0 Å². The smallest absolute Gasteiger partial charge is 0.252 e. The monoisotopic (exact) mass is 501 g/mol. The Kier molecular flexibility index (Phi) is 6.06. The van der Waals surface area contributed by atoms with E-state index in [1.54, 1.807) is 36.4 Å². The lowest BCUT2D eigenvalue weighted by atomic mass is 9.95. The van der Waals surface area contributed by atoms with E-state index in [-0.39, 0.29) is 12.7 Å². The zero-order valence-electron chi connectivity index (χ0n) is 17.2. The van der Waals surface area contributed by atoms with Gasteiger partial charge in [0, 0.05) is 39.2 Å². The van der Waals surface area contributed by atoms with Crippen molar-refractivity contribution >= 4 is 46.4 Å². The highest BCUT2D eigenvalue weighted by molar-refractivity contribution is 6.37. The standard InChI is InChI=1S/C24H18Cl3N3O3/c25-15-4-1-13(2-5-15)16-10-17(19(27)11-18(16)26)23(20-7-8-28-30-20)29-24(31)14-3-6-21-22(9-14)33-12-32-21/h1-6,9-11,23,28H,7-8,12H2,(H,29,31). The summed E-state index contributed by atoms with van der Waals surface area (Å²) >= 11 is 19.2. The Morgan fingerprint density at radius 2 is 1.76 bits per heavy atom. The number of hydrogen-bond acceptors (Lipinski definition) is 5. The van der Waals surface area contributed by atoms with Gasteiger partial charge in [-0.25, -0.2) is 0 Å². The number of hydrazone groups is 1. The fraction of sp³-hybridized carbons (Fsp3) is 0.167. The average Bonchev–Trinajstić information content (AvgIpc) is 3.50. The lowest BCUT2D eigenvalue weighted by molar-refractivity contribution is 0.0946. The number of carbonyl (C=O) groups excluding carboxylic acids is 1. The van der Waals surface area contributed by atoms with Gasteiger partial charge in [-0.3, -0.25) is 4.79 Å². The Morgan fingerprint density at radius 1 is 0.970 bits per heavy atom. The molecule has 0 spiro atoms. The summed E-state index contributed by atoms with van der Waals surface area (Å²) in [6.45, 7) is 0.820. The zero-order chi connectivity index (χ0) is 22.9. The molecule has 6 nitrogen and oxygen atoms in total. The van der Waals surface area contributed by atoms with Crippen molar-refractivity contribution in [2.45, 2.75) is 12.5 Å². The highest BCUT2D eigenvalue weighted by Gasteiger charge is 2.27. The van der Waals surface area contributed by atoms with E-state index < -0.39 is 6.04 Å². The molecular formula is C24H18Cl3N3O3. The molecule has 168 valence electrons. The van der Waals surface area contributed by atoms with Crippen molar-refractivity contribution in [2.75, 3.05) is 13.3 Å². The van der Waals surface area contributed by atoms with Gasteiger partial charge in [0.25, 0.3) is 5.91 Å². The van der Waals surface area contributed by atoms with Gasteiger partial charge in [-0.1, -0.05) is 46.9 Å². The number of rotatable bonds is 5. The summed E-state index contributed by atoms with van der Waals surface area (Å²) in [7, 11) is 0. The molecule has 5 rings (SSSR count). The van der Waals surface area contributed by atoms with Gasteiger partial charge in [0.1, 0.15) is 0 Å². The molecule has 0 radical (unpaired) electrons. The molecular weight excluding hydrogens is 485 g/mol. The average molecular weight is 503 g/mol. The Balaban J connectivity index is 1.52. The lowest BCUT2D eigenvalue weighted by Crippen LogP contribution is -2.33. The summed E-state index contributed by atoms with van der Waals surface area (Å²) in [4.78, 5) is 13.2. The predicted octanol–water partition coefficient (Wildman–Crippen LogP) is 5.86. The molecule has 1 atom stereocenters. The van der Waals surface area contributed by atoms with Gasteiger partial charge < -0.3 is 20.2 Å². The summed E-state index contributed by atoms with van der Waals surface area (Å²) in [5, 5.41) is 9.03. The molecule has 3 aromatic carbocycles. The molecule has 0 aromatic heterocycles. The van der Waals surface area contributed by atoms with E-state index in [1.165, 1.54) is 0 Å². The number of ether oxygens (including phenoxy) is 2. The third kappa shape index (κ3) is 4.47. The minimum Gasteiger partial charge on any atom is -0.454 e. The quantitative estimate of drug-likeness (QED) is 0.458. The number of benzene rings is 3. The van der Waals surface area contributed by atoms with Crippen molar-refractivity contribution in [3.05, 3.63) is 80.8 Å². The number of nitrogens with one attached hydrogen (secondary N) is 2. The fourth-order valence-corrected chi connectivity index (χ4v) is 4.56. The van der Waals surface area contributed by atoms with E-state index in [4.69, 9.17) is 44.3 Å².